The molecule has 3 heterocycles. The minimum absolute atomic E-state index is 0.0188. The van der Waals surface area contributed by atoms with Gasteiger partial charge in [-0.15, -0.1) is 0 Å². The molecule has 58 heavy (non-hydrogen) atoms. The number of hydrogen-bond acceptors (Lipinski definition) is 10. The number of nitrogens with two attached hydrogens (primary N) is 1. The van der Waals surface area contributed by atoms with E-state index in [2.05, 4.69) is 54.2 Å². The van der Waals surface area contributed by atoms with E-state index in [9.17, 15) is 25.5 Å². The van der Waals surface area contributed by atoms with Crippen LogP contribution < -0.4 is 15.8 Å². The van der Waals surface area contributed by atoms with Crippen molar-refractivity contribution in [1.82, 2.24) is 10.3 Å². The Morgan fingerprint density at radius 1 is 1.05 bits per heavy atom. The van der Waals surface area contributed by atoms with Crippen LogP contribution in [0.3, 0.4) is 0 Å². The average Bonchev–Trinajstić information content (AvgIpc) is 3.58. The van der Waals surface area contributed by atoms with Crippen LogP contribution in [0.15, 0.2) is 65.2 Å². The number of aromatic nitrogens is 1. The molecule has 9 N–H and O–H groups in total. The number of ether oxygens (including phenoxy) is 1. The van der Waals surface area contributed by atoms with Gasteiger partial charge in [0.15, 0.2) is 11.5 Å². The van der Waals surface area contributed by atoms with Crippen LogP contribution >= 0.6 is 21.6 Å². The van der Waals surface area contributed by atoms with Gasteiger partial charge in [0.05, 0.1) is 18.3 Å². The second kappa shape index (κ2) is 17.9. The van der Waals surface area contributed by atoms with Gasteiger partial charge in [-0.25, -0.2) is 0 Å². The Labute approximate surface area is 352 Å². The third-order valence-corrected chi connectivity index (χ3v) is 17.1. The summed E-state index contributed by atoms with van der Waals surface area (Å²) in [5.41, 5.74) is 13.1. The number of hydrogen-bond donors (Lipinski definition) is 8. The van der Waals surface area contributed by atoms with Gasteiger partial charge in [-0.05, 0) is 123 Å². The molecule has 12 atom stereocenters. The van der Waals surface area contributed by atoms with Crippen molar-refractivity contribution in [3.05, 3.63) is 82.0 Å². The molecular weight excluding hydrogens is 767 g/mol. The molecule has 1 saturated carbocycles. The number of fused-ring (bicyclic) bond motifs is 8. The van der Waals surface area contributed by atoms with Crippen LogP contribution in [-0.2, 0) is 12.8 Å². The molecule has 4 aliphatic carbocycles. The number of dihydropyridines is 1. The quantitative estimate of drug-likeness (QED) is 0.0854. The van der Waals surface area contributed by atoms with Crippen molar-refractivity contribution in [3.63, 3.8) is 0 Å². The van der Waals surface area contributed by atoms with E-state index in [0.29, 0.717) is 48.9 Å². The van der Waals surface area contributed by atoms with Gasteiger partial charge >= 0.3 is 0 Å². The molecule has 1 aromatic heterocycles. The first-order chi connectivity index (χ1) is 28.1. The highest BCUT2D eigenvalue weighted by atomic mass is 33.1. The molecule has 9 nitrogen and oxygen atoms in total. The van der Waals surface area contributed by atoms with Gasteiger partial charge < -0.3 is 46.3 Å². The molecule has 6 aliphatic rings. The van der Waals surface area contributed by atoms with Crippen molar-refractivity contribution in [2.24, 2.45) is 46.7 Å². The smallest absolute Gasteiger partial charge is 0.161 e. The Kier molecular flexibility index (Phi) is 12.9. The zero-order valence-electron chi connectivity index (χ0n) is 34.0. The zero-order valence-corrected chi connectivity index (χ0v) is 35.7. The van der Waals surface area contributed by atoms with Gasteiger partial charge in [0.25, 0.3) is 0 Å². The normalized spacial score (nSPS) is 36.5. The van der Waals surface area contributed by atoms with Gasteiger partial charge in [0.2, 0.25) is 0 Å². The Hall–Kier alpha value is -2.98. The van der Waals surface area contributed by atoms with Crippen LogP contribution in [0.2, 0.25) is 0 Å². The van der Waals surface area contributed by atoms with Gasteiger partial charge in [-0.3, -0.25) is 0 Å². The van der Waals surface area contributed by atoms with Crippen LogP contribution in [-0.4, -0.2) is 79.6 Å². The van der Waals surface area contributed by atoms with E-state index < -0.39 is 30.3 Å². The summed E-state index contributed by atoms with van der Waals surface area (Å²) in [7, 11) is 3.28. The van der Waals surface area contributed by atoms with Crippen molar-refractivity contribution < 1.29 is 30.3 Å². The lowest BCUT2D eigenvalue weighted by molar-refractivity contribution is -0.0345. The van der Waals surface area contributed by atoms with E-state index >= 15 is 0 Å². The van der Waals surface area contributed by atoms with Gasteiger partial charge in [-0.2, -0.15) is 0 Å². The second-order valence-electron chi connectivity index (χ2n) is 17.9. The first kappa shape index (κ1) is 41.7. The number of phenols is 1. The lowest BCUT2D eigenvalue weighted by atomic mass is 9.70. The topological polar surface area (TPSA) is 164 Å². The predicted molar refractivity (Wildman–Crippen MR) is 233 cm³/mol. The summed E-state index contributed by atoms with van der Waals surface area (Å²) >= 11 is 0. The maximum absolute atomic E-state index is 12.2. The number of H-pyrrole nitrogens is 1. The lowest BCUT2D eigenvalue weighted by Crippen LogP contribution is -2.42. The van der Waals surface area contributed by atoms with Crippen molar-refractivity contribution in [2.75, 3.05) is 24.7 Å². The molecule has 8 rings (SSSR count). The summed E-state index contributed by atoms with van der Waals surface area (Å²) in [6.45, 7) is 4.85. The van der Waals surface area contributed by atoms with Crippen molar-refractivity contribution >= 4 is 21.6 Å². The molecule has 0 radical (unpaired) electrons. The van der Waals surface area contributed by atoms with Gasteiger partial charge in [0, 0.05) is 71.2 Å². The summed E-state index contributed by atoms with van der Waals surface area (Å²) in [4.78, 5) is 3.36. The highest BCUT2D eigenvalue weighted by molar-refractivity contribution is 8.76. The van der Waals surface area contributed by atoms with Crippen molar-refractivity contribution in [2.45, 2.75) is 115 Å². The summed E-state index contributed by atoms with van der Waals surface area (Å²) in [5.74, 6) is 8.69. The Morgan fingerprint density at radius 2 is 1.91 bits per heavy atom. The molecule has 314 valence electrons. The van der Waals surface area contributed by atoms with E-state index in [4.69, 9.17) is 10.5 Å². The number of rotatable bonds is 7. The van der Waals surface area contributed by atoms with Gasteiger partial charge in [0.1, 0.15) is 11.9 Å². The first-order valence-corrected chi connectivity index (χ1v) is 24.3. The molecule has 2 aromatic rings. The largest absolute Gasteiger partial charge is 0.504 e. The maximum Gasteiger partial charge on any atom is 0.161 e. The summed E-state index contributed by atoms with van der Waals surface area (Å²) in [5, 5.41) is 62.1. The maximum atomic E-state index is 12.2. The lowest BCUT2D eigenvalue weighted by Gasteiger charge is -2.37. The van der Waals surface area contributed by atoms with Crippen molar-refractivity contribution in [3.8, 4) is 23.3 Å². The van der Waals surface area contributed by atoms with Gasteiger partial charge in [-0.1, -0.05) is 71.4 Å². The SMILES string of the molecule is CC[C@H]1Cc2cc(O)c(O[C@H]3C[C@@H](Cc4ccc[nH]4)C4=CCNC(N)=C4CSSC[C@H](CO)[C@@H]3O)cc2[C@@H]2C[C@@H](O)[C@@H]3[C@@H](O)[C@@H]4CCC[C@](CC)(C#C[C@H]3C=C12)CC4. The van der Waals surface area contributed by atoms with Crippen LogP contribution in [0, 0.1) is 52.8 Å². The van der Waals surface area contributed by atoms with E-state index in [-0.39, 0.29) is 53.3 Å². The molecule has 0 amide bonds. The fourth-order valence-corrected chi connectivity index (χ4v) is 13.7. The summed E-state index contributed by atoms with van der Waals surface area (Å²) in [6, 6.07) is 7.84. The van der Waals surface area contributed by atoms with Crippen LogP contribution in [0.25, 0.3) is 0 Å². The Morgan fingerprint density at radius 3 is 2.69 bits per heavy atom. The highest BCUT2D eigenvalue weighted by Gasteiger charge is 2.46. The zero-order chi connectivity index (χ0) is 40.6. The minimum Gasteiger partial charge on any atom is -0.504 e. The number of aromatic amines is 1. The number of aromatic hydroxyl groups is 1. The molecule has 2 aliphatic heterocycles. The van der Waals surface area contributed by atoms with E-state index in [1.165, 1.54) is 5.57 Å². The standard InChI is InChI=1S/C47H63N3O6S2/c1-3-27-17-30-20-39(52)41(23-36(30)37-22-40(53)43-29(19-35(27)37)10-14-47(4-2)12-5-7-28(9-13-47)45(43)55)56-42-21-31(18-33-8-6-15-49-33)34-11-16-50-46(48)38(34)26-58-57-25-32(24-51)44(42)54/h6,8,11,15,19-20,23,27-29,31-32,37,40,42-45,49-55H,3-5,7,9,12-13,16-18,21-22,24-26,48H2,1-2H3/t27-,28+,29-,31+,32-,37+,40+,42-,43+,44-,45-,47-/m0/s1. The molecule has 11 heteroatoms. The number of phenolic OH excluding ortho intramolecular Hbond substituents is 1. The number of nitrogens with one attached hydrogen (secondary N) is 2. The van der Waals surface area contributed by atoms with E-state index in [1.54, 1.807) is 21.6 Å². The van der Waals surface area contributed by atoms with E-state index in [1.807, 2.05) is 24.4 Å². The molecule has 2 fully saturated rings. The third kappa shape index (κ3) is 8.36. The molecule has 1 aromatic carbocycles. The molecule has 0 spiro atoms. The summed E-state index contributed by atoms with van der Waals surface area (Å²) in [6.07, 6.45) is 12.5. The third-order valence-electron chi connectivity index (χ3n) is 14.7. The molecular formula is C47H63N3O6S2. The highest BCUT2D eigenvalue weighted by Crippen LogP contribution is 2.52. The van der Waals surface area contributed by atoms with E-state index in [0.717, 1.165) is 79.3 Å². The minimum atomic E-state index is -1.02. The Balaban J connectivity index is 1.17. The first-order valence-electron chi connectivity index (χ1n) is 21.8. The summed E-state index contributed by atoms with van der Waals surface area (Å²) < 4.78 is 6.87. The number of benzene rings is 1. The molecule has 2 bridgehead atoms. The fourth-order valence-electron chi connectivity index (χ4n) is 11.2. The monoisotopic (exact) mass is 829 g/mol. The average molecular weight is 830 g/mol. The van der Waals surface area contributed by atoms with Crippen molar-refractivity contribution in [1.29, 1.82) is 0 Å². The van der Waals surface area contributed by atoms with Crippen LogP contribution in [0.4, 0.5) is 0 Å². The second-order valence-corrected chi connectivity index (χ2v) is 20.4. The Bertz CT molecular complexity index is 1940. The predicted octanol–water partition coefficient (Wildman–Crippen LogP) is 6.72. The molecule has 1 saturated heterocycles. The number of aliphatic hydroxyl groups excluding tert-OH is 4. The number of aliphatic hydroxyl groups is 4. The van der Waals surface area contributed by atoms with Crippen LogP contribution in [0.5, 0.6) is 11.5 Å². The fraction of sp³-hybridized carbons (Fsp3) is 0.617. The molecule has 0 unspecified atom stereocenters. The van der Waals surface area contributed by atoms with Crippen LogP contribution in [0.1, 0.15) is 94.4 Å². The number of allylic oxidation sites excluding steroid dienone is 3.